The van der Waals surface area contributed by atoms with Gasteiger partial charge in [-0.3, -0.25) is 4.79 Å². The van der Waals surface area contributed by atoms with E-state index >= 15 is 0 Å². The van der Waals surface area contributed by atoms with Crippen LogP contribution in [-0.4, -0.2) is 26.2 Å². The van der Waals surface area contributed by atoms with E-state index in [1.807, 2.05) is 18.2 Å². The van der Waals surface area contributed by atoms with Crippen molar-refractivity contribution in [1.29, 1.82) is 0 Å². The third-order valence-electron chi connectivity index (χ3n) is 4.44. The van der Waals surface area contributed by atoms with Crippen molar-refractivity contribution in [2.75, 3.05) is 20.3 Å². The summed E-state index contributed by atoms with van der Waals surface area (Å²) in [5.41, 5.74) is 4.40. The van der Waals surface area contributed by atoms with E-state index in [1.165, 1.54) is 6.07 Å². The van der Waals surface area contributed by atoms with Crippen molar-refractivity contribution in [1.82, 2.24) is 5.32 Å². The Hall–Kier alpha value is -2.40. The lowest BCUT2D eigenvalue weighted by Crippen LogP contribution is -2.25. The highest BCUT2D eigenvalue weighted by Crippen LogP contribution is 2.36. The molecule has 5 heteroatoms. The molecule has 0 saturated carbocycles. The minimum Gasteiger partial charge on any atom is -0.496 e. The van der Waals surface area contributed by atoms with Gasteiger partial charge in [-0.25, -0.2) is 4.39 Å². The molecule has 0 aliphatic carbocycles. The zero-order valence-corrected chi connectivity index (χ0v) is 14.5. The Bertz CT molecular complexity index is 789. The number of ether oxygens (including phenoxy) is 2. The van der Waals surface area contributed by atoms with Gasteiger partial charge in [0.15, 0.2) is 0 Å². The molecule has 0 aromatic heterocycles. The molecule has 0 spiro atoms. The second-order valence-corrected chi connectivity index (χ2v) is 6.00. The smallest absolute Gasteiger partial charge is 0.310 e. The van der Waals surface area contributed by atoms with Gasteiger partial charge < -0.3 is 14.8 Å². The number of fused-ring (bicyclic) bond motifs is 1. The first-order valence-electron chi connectivity index (χ1n) is 8.48. The standard InChI is InChI=1S/C20H22FNO3/c1-3-25-20(23)11-13-4-7-19(24-2)16(10-13)14-5-6-18(21)17-12-22-9-8-15(14)17/h4-7,10,22H,3,8-9,11-12H2,1-2H3. The number of carbonyl (C=O) groups excluding carboxylic acids is 1. The van der Waals surface area contributed by atoms with Gasteiger partial charge in [0, 0.05) is 17.7 Å². The number of methoxy groups -OCH3 is 1. The number of hydrogen-bond acceptors (Lipinski definition) is 4. The van der Waals surface area contributed by atoms with E-state index in [4.69, 9.17) is 9.47 Å². The van der Waals surface area contributed by atoms with Crippen LogP contribution < -0.4 is 10.1 Å². The summed E-state index contributed by atoms with van der Waals surface area (Å²) < 4.78 is 24.7. The van der Waals surface area contributed by atoms with Crippen LogP contribution >= 0.6 is 0 Å². The number of rotatable bonds is 5. The minimum absolute atomic E-state index is 0.187. The molecule has 1 aliphatic heterocycles. The maximum Gasteiger partial charge on any atom is 0.310 e. The lowest BCUT2D eigenvalue weighted by atomic mass is 9.89. The van der Waals surface area contributed by atoms with Crippen LogP contribution in [0.1, 0.15) is 23.6 Å². The molecule has 25 heavy (non-hydrogen) atoms. The van der Waals surface area contributed by atoms with Crippen molar-refractivity contribution >= 4 is 5.97 Å². The van der Waals surface area contributed by atoms with Crippen LogP contribution in [0.15, 0.2) is 30.3 Å². The third-order valence-corrected chi connectivity index (χ3v) is 4.44. The molecule has 4 nitrogen and oxygen atoms in total. The van der Waals surface area contributed by atoms with Gasteiger partial charge in [0.1, 0.15) is 11.6 Å². The van der Waals surface area contributed by atoms with Gasteiger partial charge >= 0.3 is 5.97 Å². The lowest BCUT2D eigenvalue weighted by molar-refractivity contribution is -0.142. The molecule has 2 aromatic rings. The van der Waals surface area contributed by atoms with Gasteiger partial charge in [-0.05, 0) is 54.8 Å². The molecule has 1 N–H and O–H groups in total. The average Bonchev–Trinajstić information content (AvgIpc) is 2.62. The van der Waals surface area contributed by atoms with Gasteiger partial charge in [0.2, 0.25) is 0 Å². The summed E-state index contributed by atoms with van der Waals surface area (Å²) in [5, 5.41) is 3.21. The summed E-state index contributed by atoms with van der Waals surface area (Å²) in [7, 11) is 1.61. The highest BCUT2D eigenvalue weighted by Gasteiger charge is 2.20. The molecular formula is C20H22FNO3. The number of nitrogens with one attached hydrogen (secondary N) is 1. The summed E-state index contributed by atoms with van der Waals surface area (Å²) in [4.78, 5) is 11.8. The summed E-state index contributed by atoms with van der Waals surface area (Å²) in [6.07, 6.45) is 0.962. The highest BCUT2D eigenvalue weighted by atomic mass is 19.1. The molecule has 0 bridgehead atoms. The Morgan fingerprint density at radius 2 is 2.04 bits per heavy atom. The molecule has 1 aliphatic rings. The van der Waals surface area contributed by atoms with E-state index in [1.54, 1.807) is 20.1 Å². The fourth-order valence-corrected chi connectivity index (χ4v) is 3.27. The van der Waals surface area contributed by atoms with Crippen molar-refractivity contribution < 1.29 is 18.7 Å². The molecule has 0 radical (unpaired) electrons. The Morgan fingerprint density at radius 3 is 2.80 bits per heavy atom. The van der Waals surface area contributed by atoms with Crippen LogP contribution in [0.3, 0.4) is 0 Å². The molecule has 0 unspecified atom stereocenters. The molecule has 0 amide bonds. The van der Waals surface area contributed by atoms with Crippen LogP contribution in [0, 0.1) is 5.82 Å². The molecular weight excluding hydrogens is 321 g/mol. The Labute approximate surface area is 147 Å². The predicted molar refractivity (Wildman–Crippen MR) is 94.1 cm³/mol. The quantitative estimate of drug-likeness (QED) is 0.847. The molecule has 3 rings (SSSR count). The van der Waals surface area contributed by atoms with Gasteiger partial charge in [0.05, 0.1) is 20.1 Å². The van der Waals surface area contributed by atoms with Gasteiger partial charge in [-0.2, -0.15) is 0 Å². The van der Waals surface area contributed by atoms with E-state index in [0.717, 1.165) is 35.2 Å². The summed E-state index contributed by atoms with van der Waals surface area (Å²) in [5.74, 6) is 0.261. The second kappa shape index (κ2) is 7.66. The van der Waals surface area contributed by atoms with E-state index in [9.17, 15) is 9.18 Å². The van der Waals surface area contributed by atoms with Crippen molar-refractivity contribution in [2.45, 2.75) is 26.3 Å². The zero-order chi connectivity index (χ0) is 17.8. The third kappa shape index (κ3) is 3.66. The molecule has 2 aromatic carbocycles. The first-order chi connectivity index (χ1) is 12.1. The summed E-state index contributed by atoms with van der Waals surface area (Å²) in [6.45, 7) is 3.49. The van der Waals surface area contributed by atoms with Crippen LogP contribution in [0.25, 0.3) is 11.1 Å². The first kappa shape index (κ1) is 17.4. The van der Waals surface area contributed by atoms with Crippen molar-refractivity contribution in [3.63, 3.8) is 0 Å². The second-order valence-electron chi connectivity index (χ2n) is 6.00. The van der Waals surface area contributed by atoms with E-state index in [-0.39, 0.29) is 18.2 Å². The van der Waals surface area contributed by atoms with Crippen LogP contribution in [-0.2, 0) is 28.9 Å². The van der Waals surface area contributed by atoms with Gasteiger partial charge in [0.25, 0.3) is 0 Å². The normalized spacial score (nSPS) is 13.2. The minimum atomic E-state index is -0.260. The van der Waals surface area contributed by atoms with Crippen LogP contribution in [0.4, 0.5) is 4.39 Å². The number of carbonyl (C=O) groups is 1. The van der Waals surface area contributed by atoms with Crippen LogP contribution in [0.5, 0.6) is 5.75 Å². The maximum absolute atomic E-state index is 14.2. The van der Waals surface area contributed by atoms with Gasteiger partial charge in [-0.1, -0.05) is 12.1 Å². The lowest BCUT2D eigenvalue weighted by Gasteiger charge is -2.22. The van der Waals surface area contributed by atoms with Crippen molar-refractivity contribution in [3.05, 3.63) is 52.8 Å². The monoisotopic (exact) mass is 343 g/mol. The number of hydrogen-bond donors (Lipinski definition) is 1. The molecule has 0 fully saturated rings. The fraction of sp³-hybridized carbons (Fsp3) is 0.350. The Morgan fingerprint density at radius 1 is 1.20 bits per heavy atom. The molecule has 0 atom stereocenters. The fourth-order valence-electron chi connectivity index (χ4n) is 3.27. The summed E-state index contributed by atoms with van der Waals surface area (Å²) >= 11 is 0. The SMILES string of the molecule is CCOC(=O)Cc1ccc(OC)c(-c2ccc(F)c3c2CCNC3)c1. The average molecular weight is 343 g/mol. The predicted octanol–water partition coefficient (Wildman–Crippen LogP) is 3.25. The van der Waals surface area contributed by atoms with E-state index < -0.39 is 0 Å². The number of benzene rings is 2. The molecule has 0 saturated heterocycles. The topological polar surface area (TPSA) is 47.6 Å². The number of esters is 1. The Kier molecular flexibility index (Phi) is 5.34. The number of halogens is 1. The summed E-state index contributed by atoms with van der Waals surface area (Å²) in [6, 6.07) is 8.94. The van der Waals surface area contributed by atoms with Crippen molar-refractivity contribution in [2.24, 2.45) is 0 Å². The maximum atomic E-state index is 14.2. The zero-order valence-electron chi connectivity index (χ0n) is 14.5. The highest BCUT2D eigenvalue weighted by molar-refractivity contribution is 5.78. The van der Waals surface area contributed by atoms with Crippen LogP contribution in [0.2, 0.25) is 0 Å². The van der Waals surface area contributed by atoms with Gasteiger partial charge in [-0.15, -0.1) is 0 Å². The first-order valence-corrected chi connectivity index (χ1v) is 8.48. The molecule has 1 heterocycles. The van der Waals surface area contributed by atoms with Crippen molar-refractivity contribution in [3.8, 4) is 16.9 Å². The van der Waals surface area contributed by atoms with E-state index in [2.05, 4.69) is 5.32 Å². The largest absolute Gasteiger partial charge is 0.496 e. The van der Waals surface area contributed by atoms with E-state index in [0.29, 0.717) is 24.5 Å². The molecule has 132 valence electrons. The Balaban J connectivity index is 2.05.